The predicted molar refractivity (Wildman–Crippen MR) is 116 cm³/mol. The summed E-state index contributed by atoms with van der Waals surface area (Å²) in [5.41, 5.74) is 15.1. The van der Waals surface area contributed by atoms with Crippen molar-refractivity contribution in [2.45, 2.75) is 12.8 Å². The second-order valence-corrected chi connectivity index (χ2v) is 6.14. The molecule has 0 fully saturated rings. The third-order valence-corrected chi connectivity index (χ3v) is 4.44. The molecule has 9 heteroatoms. The quantitative estimate of drug-likeness (QED) is 0.275. The van der Waals surface area contributed by atoms with E-state index in [1.807, 2.05) is 0 Å². The predicted octanol–water partition coefficient (Wildman–Crippen LogP) is 3.43. The number of fused-ring (bicyclic) bond motifs is 1. The SMILES string of the molecule is CC(C(=O)O)c1c(-c2ccc(C(=N)N)cc2)[nH]c2cc(C(=N)N)ccc12.Cl.Cl. The van der Waals surface area contributed by atoms with E-state index in [9.17, 15) is 9.90 Å². The number of H-pyrrole nitrogens is 1. The number of carbonyl (C=O) groups is 1. The van der Waals surface area contributed by atoms with Gasteiger partial charge in [-0.1, -0.05) is 36.4 Å². The zero-order valence-electron chi connectivity index (χ0n) is 14.9. The maximum absolute atomic E-state index is 11.6. The molecule has 1 unspecified atom stereocenters. The number of rotatable bonds is 5. The zero-order valence-corrected chi connectivity index (χ0v) is 16.6. The van der Waals surface area contributed by atoms with Crippen LogP contribution in [0.1, 0.15) is 29.5 Å². The van der Waals surface area contributed by atoms with Gasteiger partial charge in [-0.05, 0) is 24.1 Å². The number of hydrogen-bond donors (Lipinski definition) is 6. The molecular formula is C19H21Cl2N5O2. The van der Waals surface area contributed by atoms with Gasteiger partial charge in [-0.15, -0.1) is 24.8 Å². The number of aliphatic carboxylic acids is 1. The number of benzene rings is 2. The molecular weight excluding hydrogens is 401 g/mol. The molecule has 1 atom stereocenters. The molecule has 1 heterocycles. The van der Waals surface area contributed by atoms with Crippen LogP contribution >= 0.6 is 24.8 Å². The summed E-state index contributed by atoms with van der Waals surface area (Å²) >= 11 is 0. The van der Waals surface area contributed by atoms with Crippen molar-refractivity contribution in [1.82, 2.24) is 4.98 Å². The Morgan fingerprint density at radius 1 is 1.00 bits per heavy atom. The maximum atomic E-state index is 11.6. The fourth-order valence-electron chi connectivity index (χ4n) is 3.00. The molecule has 1 aromatic heterocycles. The van der Waals surface area contributed by atoms with Gasteiger partial charge >= 0.3 is 5.97 Å². The number of carboxylic acids is 1. The standard InChI is InChI=1S/C19H19N5O2.2ClH/c1-9(19(25)26)15-13-7-6-12(18(22)23)8-14(13)24-16(15)10-2-4-11(5-3-10)17(20)21;;/h2-9,24H,1H3,(H3,20,21)(H3,22,23)(H,25,26);2*1H. The van der Waals surface area contributed by atoms with E-state index >= 15 is 0 Å². The number of nitrogens with two attached hydrogens (primary N) is 2. The third kappa shape index (κ3) is 4.11. The third-order valence-electron chi connectivity index (χ3n) is 4.44. The van der Waals surface area contributed by atoms with E-state index in [4.69, 9.17) is 22.3 Å². The van der Waals surface area contributed by atoms with Crippen molar-refractivity contribution in [2.75, 3.05) is 0 Å². The lowest BCUT2D eigenvalue weighted by Crippen LogP contribution is -2.11. The molecule has 0 radical (unpaired) electrons. The summed E-state index contributed by atoms with van der Waals surface area (Å²) in [4.78, 5) is 14.9. The monoisotopic (exact) mass is 421 g/mol. The second-order valence-electron chi connectivity index (χ2n) is 6.14. The number of aromatic amines is 1. The molecule has 0 saturated heterocycles. The van der Waals surface area contributed by atoms with Crippen molar-refractivity contribution in [2.24, 2.45) is 11.5 Å². The molecule has 0 aliphatic carbocycles. The van der Waals surface area contributed by atoms with Crippen LogP contribution in [0.4, 0.5) is 0 Å². The van der Waals surface area contributed by atoms with E-state index in [-0.39, 0.29) is 36.5 Å². The van der Waals surface area contributed by atoms with Crippen molar-refractivity contribution in [3.05, 3.63) is 59.2 Å². The minimum absolute atomic E-state index is 0. The Labute approximate surface area is 174 Å². The van der Waals surface area contributed by atoms with Gasteiger partial charge in [0.1, 0.15) is 11.7 Å². The van der Waals surface area contributed by atoms with Crippen LogP contribution in [-0.4, -0.2) is 27.7 Å². The smallest absolute Gasteiger partial charge is 0.310 e. The first-order chi connectivity index (χ1) is 12.3. The molecule has 148 valence electrons. The molecule has 7 nitrogen and oxygen atoms in total. The van der Waals surface area contributed by atoms with Gasteiger partial charge in [0.15, 0.2) is 0 Å². The van der Waals surface area contributed by atoms with Crippen LogP contribution in [0.15, 0.2) is 42.5 Å². The topological polar surface area (TPSA) is 153 Å². The van der Waals surface area contributed by atoms with Gasteiger partial charge in [-0.25, -0.2) is 0 Å². The van der Waals surface area contributed by atoms with Crippen molar-refractivity contribution >= 4 is 53.4 Å². The van der Waals surface area contributed by atoms with Crippen LogP contribution < -0.4 is 11.5 Å². The van der Waals surface area contributed by atoms with E-state index < -0.39 is 11.9 Å². The Balaban J connectivity index is 0.00000196. The van der Waals surface area contributed by atoms with Gasteiger partial charge in [-0.2, -0.15) is 0 Å². The first kappa shape index (κ1) is 23.0. The highest BCUT2D eigenvalue weighted by Crippen LogP contribution is 2.36. The summed E-state index contributed by atoms with van der Waals surface area (Å²) in [7, 11) is 0. The molecule has 0 spiro atoms. The molecule has 0 aliphatic heterocycles. The van der Waals surface area contributed by atoms with Crippen LogP contribution in [0.2, 0.25) is 0 Å². The number of aromatic nitrogens is 1. The summed E-state index contributed by atoms with van der Waals surface area (Å²) in [5.74, 6) is -1.74. The van der Waals surface area contributed by atoms with Gasteiger partial charge in [-0.3, -0.25) is 15.6 Å². The first-order valence-corrected chi connectivity index (χ1v) is 7.97. The molecule has 0 saturated carbocycles. The van der Waals surface area contributed by atoms with Crippen LogP contribution in [0.25, 0.3) is 22.2 Å². The fourth-order valence-corrected chi connectivity index (χ4v) is 3.00. The number of carboxylic acid groups (broad SMARTS) is 1. The van der Waals surface area contributed by atoms with E-state index in [1.54, 1.807) is 49.4 Å². The summed E-state index contributed by atoms with van der Waals surface area (Å²) in [5, 5.41) is 25.4. The normalized spacial score (nSPS) is 11.2. The number of nitrogens with one attached hydrogen (secondary N) is 3. The summed E-state index contributed by atoms with van der Waals surface area (Å²) in [6, 6.07) is 12.3. The highest BCUT2D eigenvalue weighted by molar-refractivity contribution is 6.02. The molecule has 0 aliphatic rings. The van der Waals surface area contributed by atoms with E-state index in [1.165, 1.54) is 0 Å². The van der Waals surface area contributed by atoms with Crippen LogP contribution in [0.5, 0.6) is 0 Å². The van der Waals surface area contributed by atoms with Crippen LogP contribution in [-0.2, 0) is 4.79 Å². The lowest BCUT2D eigenvalue weighted by molar-refractivity contribution is -0.138. The summed E-state index contributed by atoms with van der Waals surface area (Å²) in [6.45, 7) is 1.64. The number of hydrogen-bond acceptors (Lipinski definition) is 3. The van der Waals surface area contributed by atoms with Gasteiger partial charge in [0.25, 0.3) is 0 Å². The Hall–Kier alpha value is -3.03. The Kier molecular flexibility index (Phi) is 7.21. The van der Waals surface area contributed by atoms with Gasteiger partial charge in [0.05, 0.1) is 11.6 Å². The molecule has 0 amide bonds. The lowest BCUT2D eigenvalue weighted by atomic mass is 9.94. The summed E-state index contributed by atoms with van der Waals surface area (Å²) < 4.78 is 0. The highest BCUT2D eigenvalue weighted by atomic mass is 35.5. The van der Waals surface area contributed by atoms with E-state index in [0.717, 1.165) is 10.9 Å². The lowest BCUT2D eigenvalue weighted by Gasteiger charge is -2.10. The van der Waals surface area contributed by atoms with Crippen molar-refractivity contribution in [3.8, 4) is 11.3 Å². The van der Waals surface area contributed by atoms with Crippen molar-refractivity contribution in [1.29, 1.82) is 10.8 Å². The second kappa shape index (κ2) is 8.77. The number of nitrogen functional groups attached to an aromatic ring is 2. The van der Waals surface area contributed by atoms with Gasteiger partial charge in [0, 0.05) is 22.0 Å². The van der Waals surface area contributed by atoms with Gasteiger partial charge < -0.3 is 21.6 Å². The van der Waals surface area contributed by atoms with E-state index in [0.29, 0.717) is 27.9 Å². The highest BCUT2D eigenvalue weighted by Gasteiger charge is 2.23. The molecule has 3 aromatic rings. The molecule has 28 heavy (non-hydrogen) atoms. The Morgan fingerprint density at radius 3 is 2.04 bits per heavy atom. The average molecular weight is 422 g/mol. The number of halogens is 2. The zero-order chi connectivity index (χ0) is 19.0. The molecule has 2 aromatic carbocycles. The van der Waals surface area contributed by atoms with Crippen LogP contribution in [0, 0.1) is 10.8 Å². The Morgan fingerprint density at radius 2 is 1.54 bits per heavy atom. The molecule has 0 bridgehead atoms. The largest absolute Gasteiger partial charge is 0.481 e. The maximum Gasteiger partial charge on any atom is 0.310 e. The minimum Gasteiger partial charge on any atom is -0.481 e. The Bertz CT molecular complexity index is 1040. The molecule has 8 N–H and O–H groups in total. The molecule has 3 rings (SSSR count). The van der Waals surface area contributed by atoms with Crippen molar-refractivity contribution < 1.29 is 9.90 Å². The van der Waals surface area contributed by atoms with Gasteiger partial charge in [0.2, 0.25) is 0 Å². The minimum atomic E-state index is -0.928. The first-order valence-electron chi connectivity index (χ1n) is 7.97. The van der Waals surface area contributed by atoms with E-state index in [2.05, 4.69) is 4.98 Å². The summed E-state index contributed by atoms with van der Waals surface area (Å²) in [6.07, 6.45) is 0. The number of amidine groups is 2. The van der Waals surface area contributed by atoms with Crippen molar-refractivity contribution in [3.63, 3.8) is 0 Å². The average Bonchev–Trinajstić information content (AvgIpc) is 2.99. The van der Waals surface area contributed by atoms with Crippen LogP contribution in [0.3, 0.4) is 0 Å². The fraction of sp³-hybridized carbons (Fsp3) is 0.105.